The van der Waals surface area contributed by atoms with Gasteiger partial charge < -0.3 is 21.1 Å². The standard InChI is InChI=1S/C36H36F3N3O4/c37-36(38,39)24-46-30-18-15-27(16-19-30)22-32(42-34(44)29-9-5-2-6-10-29)35(45)41-31(21-26-7-3-1-4-8-26)33(43)20-17-25-11-13-28(23-40)14-12-25/h1-16,18-19,31-32H,17,20-24,40H2,(H,41,45)(H,42,44)/t31-,32?/m0/s1. The molecule has 4 rings (SSSR count). The van der Waals surface area contributed by atoms with Crippen molar-refractivity contribution in [1.29, 1.82) is 0 Å². The molecule has 0 fully saturated rings. The van der Waals surface area contributed by atoms with E-state index in [1.807, 2.05) is 54.6 Å². The Balaban J connectivity index is 1.52. The van der Waals surface area contributed by atoms with Crippen molar-refractivity contribution in [3.63, 3.8) is 0 Å². The molecule has 0 heterocycles. The topological polar surface area (TPSA) is 111 Å². The zero-order valence-electron chi connectivity index (χ0n) is 25.1. The Morgan fingerprint density at radius 3 is 1.83 bits per heavy atom. The minimum absolute atomic E-state index is 0.0154. The van der Waals surface area contributed by atoms with Crippen molar-refractivity contribution in [2.24, 2.45) is 5.73 Å². The third-order valence-electron chi connectivity index (χ3n) is 7.33. The van der Waals surface area contributed by atoms with E-state index in [4.69, 9.17) is 10.5 Å². The maximum absolute atomic E-state index is 13.8. The first-order valence-electron chi connectivity index (χ1n) is 14.9. The maximum Gasteiger partial charge on any atom is 0.422 e. The molecule has 10 heteroatoms. The second-order valence-electron chi connectivity index (χ2n) is 10.9. The maximum atomic E-state index is 13.8. The molecular weight excluding hydrogens is 595 g/mol. The van der Waals surface area contributed by atoms with Crippen LogP contribution in [0.5, 0.6) is 5.75 Å². The predicted molar refractivity (Wildman–Crippen MR) is 169 cm³/mol. The van der Waals surface area contributed by atoms with Crippen molar-refractivity contribution < 1.29 is 32.3 Å². The summed E-state index contributed by atoms with van der Waals surface area (Å²) in [5.74, 6) is -1.21. The highest BCUT2D eigenvalue weighted by atomic mass is 19.4. The lowest BCUT2D eigenvalue weighted by molar-refractivity contribution is -0.153. The van der Waals surface area contributed by atoms with Crippen LogP contribution in [0.3, 0.4) is 0 Å². The number of alkyl halides is 3. The molecule has 0 saturated carbocycles. The van der Waals surface area contributed by atoms with Crippen LogP contribution >= 0.6 is 0 Å². The first kappa shape index (κ1) is 33.9. The number of ketones is 1. The van der Waals surface area contributed by atoms with Crippen LogP contribution in [-0.2, 0) is 35.4 Å². The third kappa shape index (κ3) is 10.9. The molecular formula is C36H36F3N3O4. The molecule has 2 atom stereocenters. The molecule has 0 saturated heterocycles. The summed E-state index contributed by atoms with van der Waals surface area (Å²) in [5, 5.41) is 5.64. The van der Waals surface area contributed by atoms with E-state index in [1.54, 1.807) is 30.3 Å². The van der Waals surface area contributed by atoms with E-state index in [9.17, 15) is 27.6 Å². The van der Waals surface area contributed by atoms with Crippen molar-refractivity contribution >= 4 is 17.6 Å². The molecule has 0 aliphatic rings. The zero-order valence-corrected chi connectivity index (χ0v) is 25.1. The number of rotatable bonds is 15. The van der Waals surface area contributed by atoms with Crippen LogP contribution in [-0.4, -0.2) is 42.5 Å². The number of nitrogens with one attached hydrogen (secondary N) is 2. The molecule has 7 nitrogen and oxygen atoms in total. The molecule has 0 bridgehead atoms. The van der Waals surface area contributed by atoms with Crippen LogP contribution in [0.2, 0.25) is 0 Å². The summed E-state index contributed by atoms with van der Waals surface area (Å²) < 4.78 is 42.5. The fourth-order valence-corrected chi connectivity index (χ4v) is 4.81. The number of aryl methyl sites for hydroxylation is 1. The van der Waals surface area contributed by atoms with Gasteiger partial charge in [0, 0.05) is 24.9 Å². The van der Waals surface area contributed by atoms with E-state index >= 15 is 0 Å². The molecule has 4 aromatic carbocycles. The lowest BCUT2D eigenvalue weighted by Gasteiger charge is -2.23. The molecule has 0 radical (unpaired) electrons. The van der Waals surface area contributed by atoms with Gasteiger partial charge in [-0.05, 0) is 59.4 Å². The third-order valence-corrected chi connectivity index (χ3v) is 7.33. The number of carbonyl (C=O) groups is 3. The Kier molecular flexibility index (Phi) is 12.1. The quantitative estimate of drug-likeness (QED) is 0.164. The van der Waals surface area contributed by atoms with Gasteiger partial charge in [0.2, 0.25) is 5.91 Å². The van der Waals surface area contributed by atoms with Gasteiger partial charge in [0.25, 0.3) is 5.91 Å². The normalized spacial score (nSPS) is 12.5. The number of amides is 2. The second kappa shape index (κ2) is 16.4. The van der Waals surface area contributed by atoms with E-state index in [-0.39, 0.29) is 30.8 Å². The van der Waals surface area contributed by atoms with Crippen LogP contribution in [0, 0.1) is 0 Å². The average molecular weight is 632 g/mol. The molecule has 4 N–H and O–H groups in total. The van der Waals surface area contributed by atoms with Crippen LogP contribution in [0.1, 0.15) is 39.0 Å². The van der Waals surface area contributed by atoms with Gasteiger partial charge in [-0.2, -0.15) is 13.2 Å². The highest BCUT2D eigenvalue weighted by Crippen LogP contribution is 2.20. The molecule has 0 aliphatic carbocycles. The molecule has 0 aromatic heterocycles. The molecule has 4 aromatic rings. The summed E-state index contributed by atoms with van der Waals surface area (Å²) in [6.07, 6.45) is -3.56. The Morgan fingerprint density at radius 2 is 1.22 bits per heavy atom. The highest BCUT2D eigenvalue weighted by Gasteiger charge is 2.29. The van der Waals surface area contributed by atoms with Gasteiger partial charge in [-0.3, -0.25) is 14.4 Å². The fourth-order valence-electron chi connectivity index (χ4n) is 4.81. The minimum atomic E-state index is -4.48. The van der Waals surface area contributed by atoms with Gasteiger partial charge >= 0.3 is 6.18 Å². The number of halogens is 3. The first-order valence-corrected chi connectivity index (χ1v) is 14.9. The molecule has 0 aliphatic heterocycles. The predicted octanol–water partition coefficient (Wildman–Crippen LogP) is 5.36. The van der Waals surface area contributed by atoms with E-state index in [0.29, 0.717) is 24.1 Å². The number of carbonyl (C=O) groups excluding carboxylic acids is 3. The van der Waals surface area contributed by atoms with E-state index < -0.39 is 36.7 Å². The number of hydrogen-bond acceptors (Lipinski definition) is 5. The molecule has 0 spiro atoms. The van der Waals surface area contributed by atoms with Gasteiger partial charge in [0.1, 0.15) is 11.8 Å². The SMILES string of the molecule is NCc1ccc(CCC(=O)[C@H](Cc2ccccc2)NC(=O)C(Cc2ccc(OCC(F)(F)F)cc2)NC(=O)c2ccccc2)cc1. The number of ether oxygens (including phenoxy) is 1. The smallest absolute Gasteiger partial charge is 0.422 e. The molecule has 240 valence electrons. The minimum Gasteiger partial charge on any atom is -0.484 e. The van der Waals surface area contributed by atoms with E-state index in [1.165, 1.54) is 24.3 Å². The lowest BCUT2D eigenvalue weighted by atomic mass is 9.96. The molecule has 1 unspecified atom stereocenters. The zero-order chi connectivity index (χ0) is 32.9. The van der Waals surface area contributed by atoms with E-state index in [0.717, 1.165) is 16.7 Å². The van der Waals surface area contributed by atoms with Gasteiger partial charge in [-0.25, -0.2) is 0 Å². The Morgan fingerprint density at radius 1 is 0.674 bits per heavy atom. The van der Waals surface area contributed by atoms with Gasteiger partial charge in [-0.15, -0.1) is 0 Å². The van der Waals surface area contributed by atoms with Crippen LogP contribution in [0.25, 0.3) is 0 Å². The van der Waals surface area contributed by atoms with Crippen LogP contribution in [0.4, 0.5) is 13.2 Å². The Bertz CT molecular complexity index is 1560. The number of benzene rings is 4. The van der Waals surface area contributed by atoms with Crippen molar-refractivity contribution in [2.45, 2.75) is 50.5 Å². The summed E-state index contributed by atoms with van der Waals surface area (Å²) in [6.45, 7) is -1.01. The summed E-state index contributed by atoms with van der Waals surface area (Å²) in [5.41, 5.74) is 9.40. The Hall–Kier alpha value is -4.96. The number of hydrogen-bond donors (Lipinski definition) is 3. The van der Waals surface area contributed by atoms with Crippen molar-refractivity contribution in [1.82, 2.24) is 10.6 Å². The van der Waals surface area contributed by atoms with Crippen LogP contribution < -0.4 is 21.1 Å². The van der Waals surface area contributed by atoms with E-state index in [2.05, 4.69) is 10.6 Å². The fraction of sp³-hybridized carbons (Fsp3) is 0.250. The molecule has 46 heavy (non-hydrogen) atoms. The molecule has 2 amide bonds. The average Bonchev–Trinajstić information content (AvgIpc) is 3.07. The lowest BCUT2D eigenvalue weighted by Crippen LogP contribution is -2.53. The summed E-state index contributed by atoms with van der Waals surface area (Å²) >= 11 is 0. The highest BCUT2D eigenvalue weighted by molar-refractivity contribution is 5.98. The summed E-state index contributed by atoms with van der Waals surface area (Å²) in [4.78, 5) is 40.5. The monoisotopic (exact) mass is 631 g/mol. The number of Topliss-reactive ketones (excluding diaryl/α,β-unsaturated/α-hetero) is 1. The van der Waals surface area contributed by atoms with Gasteiger partial charge in [0.05, 0.1) is 6.04 Å². The second-order valence-corrected chi connectivity index (χ2v) is 10.9. The summed E-state index contributed by atoms with van der Waals surface area (Å²) in [6, 6.07) is 29.2. The van der Waals surface area contributed by atoms with Crippen molar-refractivity contribution in [2.75, 3.05) is 6.61 Å². The summed E-state index contributed by atoms with van der Waals surface area (Å²) in [7, 11) is 0. The van der Waals surface area contributed by atoms with Gasteiger partial charge in [-0.1, -0.05) is 84.9 Å². The first-order chi connectivity index (χ1) is 22.1. The van der Waals surface area contributed by atoms with Crippen molar-refractivity contribution in [3.05, 3.63) is 137 Å². The van der Waals surface area contributed by atoms with Gasteiger partial charge in [0.15, 0.2) is 12.4 Å². The van der Waals surface area contributed by atoms with Crippen molar-refractivity contribution in [3.8, 4) is 5.75 Å². The van der Waals surface area contributed by atoms with Crippen LogP contribution in [0.15, 0.2) is 109 Å². The number of nitrogens with two attached hydrogens (primary N) is 1. The largest absolute Gasteiger partial charge is 0.484 e. The Labute approximate surface area is 266 Å².